The van der Waals surface area contributed by atoms with Gasteiger partial charge in [-0.15, -0.1) is 0 Å². The lowest BCUT2D eigenvalue weighted by Crippen LogP contribution is -2.30. The van der Waals surface area contributed by atoms with Crippen molar-refractivity contribution in [2.75, 3.05) is 5.32 Å². The summed E-state index contributed by atoms with van der Waals surface area (Å²) in [5.41, 5.74) is 0.685. The maximum Gasteiger partial charge on any atom is 0.344 e. The van der Waals surface area contributed by atoms with Crippen LogP contribution in [0.1, 0.15) is 48.5 Å². The summed E-state index contributed by atoms with van der Waals surface area (Å²) in [6.07, 6.45) is 0.396. The van der Waals surface area contributed by atoms with Gasteiger partial charge in [-0.25, -0.2) is 9.78 Å². The van der Waals surface area contributed by atoms with Crippen molar-refractivity contribution < 1.29 is 18.8 Å². The number of hydrogen-bond donors (Lipinski definition) is 1. The third kappa shape index (κ3) is 4.11. The first-order chi connectivity index (χ1) is 11.3. The van der Waals surface area contributed by atoms with E-state index in [1.54, 1.807) is 19.1 Å². The van der Waals surface area contributed by atoms with Crippen molar-refractivity contribution in [1.82, 2.24) is 10.1 Å². The summed E-state index contributed by atoms with van der Waals surface area (Å²) >= 11 is 5.73. The molecular weight excluding hydrogens is 334 g/mol. The van der Waals surface area contributed by atoms with Crippen molar-refractivity contribution in [2.45, 2.75) is 39.7 Å². The molecule has 0 unspecified atom stereocenters. The number of aryl methyl sites for hydroxylation is 1. The number of anilines is 1. The summed E-state index contributed by atoms with van der Waals surface area (Å²) in [6.45, 7) is 6.87. The smallest absolute Gasteiger partial charge is 0.344 e. The molecule has 0 radical (unpaired) electrons. The minimum Gasteiger partial charge on any atom is -0.449 e. The fraction of sp³-hybridized carbons (Fsp3) is 0.375. The number of carbonyl (C=O) groups is 2. The van der Waals surface area contributed by atoms with Crippen LogP contribution >= 0.6 is 11.6 Å². The number of hydrogen-bond acceptors (Lipinski definition) is 6. The SMILES string of the molecule is Cc1noc(C(C)C)c1C(=O)O[C@@H](C)C(=O)Nc1ccc(Cl)cn1. The van der Waals surface area contributed by atoms with Gasteiger partial charge in [0.25, 0.3) is 5.91 Å². The van der Waals surface area contributed by atoms with Crippen molar-refractivity contribution in [3.8, 4) is 0 Å². The van der Waals surface area contributed by atoms with Crippen molar-refractivity contribution in [2.24, 2.45) is 0 Å². The maximum absolute atomic E-state index is 12.3. The number of pyridine rings is 1. The Balaban J connectivity index is 2.04. The van der Waals surface area contributed by atoms with Crippen molar-refractivity contribution in [3.05, 3.63) is 40.4 Å². The largest absolute Gasteiger partial charge is 0.449 e. The van der Waals surface area contributed by atoms with E-state index < -0.39 is 18.0 Å². The van der Waals surface area contributed by atoms with Gasteiger partial charge in [-0.05, 0) is 26.0 Å². The first-order valence-corrected chi connectivity index (χ1v) is 7.77. The number of halogens is 1. The highest BCUT2D eigenvalue weighted by atomic mass is 35.5. The minimum atomic E-state index is -1.01. The Hall–Kier alpha value is -2.41. The Morgan fingerprint density at radius 2 is 2.00 bits per heavy atom. The van der Waals surface area contributed by atoms with Crippen LogP contribution in [0.15, 0.2) is 22.9 Å². The molecule has 2 aromatic heterocycles. The molecule has 8 heteroatoms. The Kier molecular flexibility index (Phi) is 5.56. The van der Waals surface area contributed by atoms with Gasteiger partial charge in [0, 0.05) is 12.1 Å². The summed E-state index contributed by atoms with van der Waals surface area (Å²) < 4.78 is 10.4. The van der Waals surface area contributed by atoms with Crippen molar-refractivity contribution in [3.63, 3.8) is 0 Å². The van der Waals surface area contributed by atoms with Crippen LogP contribution in [0.4, 0.5) is 5.82 Å². The monoisotopic (exact) mass is 351 g/mol. The van der Waals surface area contributed by atoms with Gasteiger partial charge >= 0.3 is 5.97 Å². The lowest BCUT2D eigenvalue weighted by atomic mass is 10.1. The van der Waals surface area contributed by atoms with E-state index >= 15 is 0 Å². The van der Waals surface area contributed by atoms with Gasteiger partial charge in [-0.3, -0.25) is 4.79 Å². The normalized spacial score (nSPS) is 12.1. The zero-order chi connectivity index (χ0) is 17.9. The number of amides is 1. The quantitative estimate of drug-likeness (QED) is 0.830. The second-order valence-electron chi connectivity index (χ2n) is 5.56. The summed E-state index contributed by atoms with van der Waals surface area (Å²) in [5, 5.41) is 6.79. The molecule has 1 N–H and O–H groups in total. The van der Waals surface area contributed by atoms with Crippen LogP contribution in [0.3, 0.4) is 0 Å². The molecule has 7 nitrogen and oxygen atoms in total. The van der Waals surface area contributed by atoms with Gasteiger partial charge in [0.15, 0.2) is 11.9 Å². The van der Waals surface area contributed by atoms with Crippen LogP contribution in [0, 0.1) is 6.92 Å². The molecule has 0 aliphatic heterocycles. The Labute approximate surface area is 144 Å². The molecule has 0 aliphatic rings. The zero-order valence-corrected chi connectivity index (χ0v) is 14.5. The fourth-order valence-electron chi connectivity index (χ4n) is 1.98. The van der Waals surface area contributed by atoms with Gasteiger partial charge in [0.1, 0.15) is 11.4 Å². The number of carbonyl (C=O) groups excluding carboxylic acids is 2. The Morgan fingerprint density at radius 3 is 2.58 bits per heavy atom. The summed E-state index contributed by atoms with van der Waals surface area (Å²) in [5.74, 6) is -0.431. The highest BCUT2D eigenvalue weighted by molar-refractivity contribution is 6.30. The van der Waals surface area contributed by atoms with Crippen LogP contribution < -0.4 is 5.32 Å². The Morgan fingerprint density at radius 1 is 1.29 bits per heavy atom. The average Bonchev–Trinajstić information content (AvgIpc) is 2.91. The first kappa shape index (κ1) is 17.9. The van der Waals surface area contributed by atoms with Gasteiger partial charge in [-0.1, -0.05) is 30.6 Å². The van der Waals surface area contributed by atoms with Gasteiger partial charge in [-0.2, -0.15) is 0 Å². The number of aromatic nitrogens is 2. The Bertz CT molecular complexity index is 740. The number of nitrogens with one attached hydrogen (secondary N) is 1. The standard InChI is InChI=1S/C16H18ClN3O4/c1-8(2)14-13(9(3)20-24-14)16(22)23-10(4)15(21)19-12-6-5-11(17)7-18-12/h5-8,10H,1-4H3,(H,18,19,21)/t10-/m0/s1. The van der Waals surface area contributed by atoms with Crippen LogP contribution in [0.2, 0.25) is 5.02 Å². The lowest BCUT2D eigenvalue weighted by molar-refractivity contribution is -0.123. The summed E-state index contributed by atoms with van der Waals surface area (Å²) in [7, 11) is 0. The highest BCUT2D eigenvalue weighted by Gasteiger charge is 2.27. The third-order valence-corrected chi connectivity index (χ3v) is 3.47. The predicted molar refractivity (Wildman–Crippen MR) is 88.1 cm³/mol. The topological polar surface area (TPSA) is 94.3 Å². The molecule has 128 valence electrons. The van der Waals surface area contributed by atoms with Crippen molar-refractivity contribution in [1.29, 1.82) is 0 Å². The number of esters is 1. The van der Waals surface area contributed by atoms with Crippen LogP contribution in [0.5, 0.6) is 0 Å². The van der Waals surface area contributed by atoms with Gasteiger partial charge in [0.05, 0.1) is 10.7 Å². The van der Waals surface area contributed by atoms with E-state index in [1.807, 2.05) is 13.8 Å². The van der Waals surface area contributed by atoms with Gasteiger partial charge < -0.3 is 14.6 Å². The summed E-state index contributed by atoms with van der Waals surface area (Å²) in [6, 6.07) is 3.14. The molecule has 2 rings (SSSR count). The molecular formula is C16H18ClN3O4. The molecule has 1 amide bonds. The molecule has 24 heavy (non-hydrogen) atoms. The molecule has 0 aliphatic carbocycles. The number of ether oxygens (including phenoxy) is 1. The van der Waals surface area contributed by atoms with Gasteiger partial charge in [0.2, 0.25) is 0 Å². The molecule has 1 atom stereocenters. The highest BCUT2D eigenvalue weighted by Crippen LogP contribution is 2.23. The molecule has 2 heterocycles. The molecule has 0 fully saturated rings. The lowest BCUT2D eigenvalue weighted by Gasteiger charge is -2.13. The molecule has 0 saturated carbocycles. The van der Waals surface area contributed by atoms with Crippen molar-refractivity contribution >= 4 is 29.3 Å². The minimum absolute atomic E-state index is 0.0313. The molecule has 0 bridgehead atoms. The second-order valence-corrected chi connectivity index (χ2v) is 6.00. The predicted octanol–water partition coefficient (Wildman–Crippen LogP) is 3.34. The summed E-state index contributed by atoms with van der Waals surface area (Å²) in [4.78, 5) is 28.4. The number of rotatable bonds is 5. The maximum atomic E-state index is 12.3. The van der Waals surface area contributed by atoms with E-state index in [0.29, 0.717) is 22.3 Å². The molecule has 0 saturated heterocycles. The number of nitrogens with zero attached hydrogens (tertiary/aromatic N) is 2. The van der Waals surface area contributed by atoms with Crippen LogP contribution in [-0.4, -0.2) is 28.1 Å². The van der Waals surface area contributed by atoms with E-state index in [9.17, 15) is 9.59 Å². The third-order valence-electron chi connectivity index (χ3n) is 3.25. The van der Waals surface area contributed by atoms with E-state index in [4.69, 9.17) is 20.9 Å². The first-order valence-electron chi connectivity index (χ1n) is 7.39. The van der Waals surface area contributed by atoms with Crippen LogP contribution in [-0.2, 0) is 9.53 Å². The van der Waals surface area contributed by atoms with E-state index in [0.717, 1.165) is 0 Å². The average molecular weight is 352 g/mol. The van der Waals surface area contributed by atoms with E-state index in [2.05, 4.69) is 15.5 Å². The fourth-order valence-corrected chi connectivity index (χ4v) is 2.09. The zero-order valence-electron chi connectivity index (χ0n) is 13.8. The van der Waals surface area contributed by atoms with E-state index in [-0.39, 0.29) is 11.5 Å². The van der Waals surface area contributed by atoms with E-state index in [1.165, 1.54) is 13.1 Å². The molecule has 2 aromatic rings. The van der Waals surface area contributed by atoms with Crippen LogP contribution in [0.25, 0.3) is 0 Å². The second kappa shape index (κ2) is 7.44. The molecule has 0 spiro atoms. The molecule has 0 aromatic carbocycles.